The minimum atomic E-state index is -0.112. The zero-order chi connectivity index (χ0) is 27.8. The van der Waals surface area contributed by atoms with Crippen LogP contribution in [0.15, 0.2) is 61.2 Å². The van der Waals surface area contributed by atoms with E-state index in [0.717, 1.165) is 72.4 Å². The molecule has 1 aromatic carbocycles. The van der Waals surface area contributed by atoms with E-state index in [1.807, 2.05) is 36.8 Å². The van der Waals surface area contributed by atoms with Crippen LogP contribution in [0, 0.1) is 0 Å². The van der Waals surface area contributed by atoms with Crippen molar-refractivity contribution >= 4 is 39.8 Å². The Kier molecular flexibility index (Phi) is 6.73. The standard InChI is InChI=1S/C30H33N9O2/c1-37-9-11-38(12-10-37)23-4-2-3-22(16-23)35-30-32-18-25-24(17-31-28(25)36-30)20-5-8-39-27(15-20)26(19-33-39)29(40)34-21-6-13-41-14-7-21/h2-5,8,15-19,21H,6-7,9-14H2,1H3,(H,34,40)(H2,31,32,35,36). The molecule has 2 fully saturated rings. The molecule has 0 spiro atoms. The Labute approximate surface area is 237 Å². The van der Waals surface area contributed by atoms with E-state index in [-0.39, 0.29) is 11.9 Å². The molecule has 2 aliphatic rings. The number of carbonyl (C=O) groups is 1. The number of aromatic nitrogens is 5. The molecule has 0 radical (unpaired) electrons. The molecule has 2 saturated heterocycles. The number of ether oxygens (including phenoxy) is 1. The lowest BCUT2D eigenvalue weighted by Gasteiger charge is -2.34. The lowest BCUT2D eigenvalue weighted by atomic mass is 10.1. The molecule has 41 heavy (non-hydrogen) atoms. The third-order valence-electron chi connectivity index (χ3n) is 8.04. The van der Waals surface area contributed by atoms with E-state index < -0.39 is 0 Å². The quantitative estimate of drug-likeness (QED) is 0.293. The average Bonchev–Trinajstić information content (AvgIpc) is 3.62. The number of benzene rings is 1. The molecule has 4 aromatic heterocycles. The summed E-state index contributed by atoms with van der Waals surface area (Å²) >= 11 is 0. The third kappa shape index (κ3) is 5.21. The number of pyridine rings is 1. The van der Waals surface area contributed by atoms with Gasteiger partial charge < -0.3 is 30.2 Å². The number of rotatable bonds is 6. The minimum absolute atomic E-state index is 0.112. The van der Waals surface area contributed by atoms with Crippen LogP contribution in [0.1, 0.15) is 23.2 Å². The second-order valence-electron chi connectivity index (χ2n) is 10.8. The Morgan fingerprint density at radius 3 is 2.78 bits per heavy atom. The fraction of sp³-hybridized carbons (Fsp3) is 0.333. The number of anilines is 3. The van der Waals surface area contributed by atoms with Gasteiger partial charge in [-0.25, -0.2) is 9.50 Å². The molecule has 3 N–H and O–H groups in total. The van der Waals surface area contributed by atoms with E-state index in [1.54, 1.807) is 10.7 Å². The zero-order valence-corrected chi connectivity index (χ0v) is 23.0. The summed E-state index contributed by atoms with van der Waals surface area (Å²) in [6.07, 6.45) is 8.91. The molecule has 11 heteroatoms. The first-order valence-corrected chi connectivity index (χ1v) is 14.1. The number of fused-ring (bicyclic) bond motifs is 2. The molecule has 0 aliphatic carbocycles. The predicted octanol–water partition coefficient (Wildman–Crippen LogP) is 3.68. The van der Waals surface area contributed by atoms with Gasteiger partial charge in [0, 0.05) is 86.3 Å². The van der Waals surface area contributed by atoms with E-state index in [2.05, 4.69) is 60.7 Å². The van der Waals surface area contributed by atoms with Crippen molar-refractivity contribution in [1.82, 2.24) is 34.8 Å². The predicted molar refractivity (Wildman–Crippen MR) is 159 cm³/mol. The van der Waals surface area contributed by atoms with Crippen molar-refractivity contribution in [3.05, 3.63) is 66.7 Å². The molecule has 0 unspecified atom stereocenters. The molecule has 5 aromatic rings. The van der Waals surface area contributed by atoms with E-state index in [0.29, 0.717) is 24.7 Å². The van der Waals surface area contributed by atoms with Crippen molar-refractivity contribution < 1.29 is 9.53 Å². The maximum absolute atomic E-state index is 13.1. The number of carbonyl (C=O) groups excluding carboxylic acids is 1. The maximum atomic E-state index is 13.1. The molecule has 210 valence electrons. The second kappa shape index (κ2) is 10.8. The van der Waals surface area contributed by atoms with E-state index >= 15 is 0 Å². The van der Waals surface area contributed by atoms with Crippen molar-refractivity contribution in [3.63, 3.8) is 0 Å². The summed E-state index contributed by atoms with van der Waals surface area (Å²) in [7, 11) is 2.16. The van der Waals surface area contributed by atoms with Gasteiger partial charge in [-0.3, -0.25) is 4.79 Å². The highest BCUT2D eigenvalue weighted by Crippen LogP contribution is 2.30. The van der Waals surface area contributed by atoms with Crippen molar-refractivity contribution in [3.8, 4) is 11.1 Å². The second-order valence-corrected chi connectivity index (χ2v) is 10.8. The van der Waals surface area contributed by atoms with Crippen LogP contribution in [0.3, 0.4) is 0 Å². The van der Waals surface area contributed by atoms with Gasteiger partial charge in [-0.2, -0.15) is 10.1 Å². The number of hydrogen-bond acceptors (Lipinski definition) is 8. The van der Waals surface area contributed by atoms with Crippen LogP contribution in [0.25, 0.3) is 27.7 Å². The molecule has 7 rings (SSSR count). The number of nitrogens with one attached hydrogen (secondary N) is 3. The SMILES string of the molecule is CN1CCN(c2cccc(Nc3ncc4c(-c5ccn6ncc(C(=O)NC7CCOCC7)c6c5)c[nH]c4n3)c2)CC1. The Hall–Kier alpha value is -4.48. The van der Waals surface area contributed by atoms with Crippen LogP contribution in [-0.4, -0.2) is 87.9 Å². The van der Waals surface area contributed by atoms with E-state index in [9.17, 15) is 4.79 Å². The Morgan fingerprint density at radius 2 is 1.93 bits per heavy atom. The largest absolute Gasteiger partial charge is 0.381 e. The Morgan fingerprint density at radius 1 is 1.07 bits per heavy atom. The van der Waals surface area contributed by atoms with E-state index in [1.165, 1.54) is 5.69 Å². The van der Waals surface area contributed by atoms with Crippen molar-refractivity contribution in [2.75, 3.05) is 56.7 Å². The number of aromatic amines is 1. The van der Waals surface area contributed by atoms with Crippen LogP contribution >= 0.6 is 0 Å². The van der Waals surface area contributed by atoms with Crippen molar-refractivity contribution in [2.24, 2.45) is 0 Å². The first-order chi connectivity index (χ1) is 20.1. The summed E-state index contributed by atoms with van der Waals surface area (Å²) in [4.78, 5) is 30.5. The summed E-state index contributed by atoms with van der Waals surface area (Å²) < 4.78 is 7.14. The molecule has 2 aliphatic heterocycles. The first kappa shape index (κ1) is 25.5. The molecule has 6 heterocycles. The fourth-order valence-corrected chi connectivity index (χ4v) is 5.61. The highest BCUT2D eigenvalue weighted by atomic mass is 16.5. The van der Waals surface area contributed by atoms with Gasteiger partial charge in [-0.05, 0) is 55.8 Å². The summed E-state index contributed by atoms with van der Waals surface area (Å²) in [6, 6.07) is 12.5. The van der Waals surface area contributed by atoms with Gasteiger partial charge in [0.15, 0.2) is 0 Å². The minimum Gasteiger partial charge on any atom is -0.381 e. The van der Waals surface area contributed by atoms with Gasteiger partial charge in [0.1, 0.15) is 5.65 Å². The van der Waals surface area contributed by atoms with Gasteiger partial charge in [-0.15, -0.1) is 0 Å². The monoisotopic (exact) mass is 551 g/mol. The van der Waals surface area contributed by atoms with Gasteiger partial charge >= 0.3 is 0 Å². The fourth-order valence-electron chi connectivity index (χ4n) is 5.61. The molecule has 0 atom stereocenters. The number of hydrogen-bond donors (Lipinski definition) is 3. The highest BCUT2D eigenvalue weighted by molar-refractivity contribution is 6.02. The van der Waals surface area contributed by atoms with Crippen molar-refractivity contribution in [1.29, 1.82) is 0 Å². The molecule has 1 amide bonds. The Bertz CT molecular complexity index is 1700. The number of H-pyrrole nitrogens is 1. The lowest BCUT2D eigenvalue weighted by Crippen LogP contribution is -2.44. The zero-order valence-electron chi connectivity index (χ0n) is 23.0. The van der Waals surface area contributed by atoms with Crippen molar-refractivity contribution in [2.45, 2.75) is 18.9 Å². The molecule has 0 saturated carbocycles. The summed E-state index contributed by atoms with van der Waals surface area (Å²) in [5.41, 5.74) is 6.10. The van der Waals surface area contributed by atoms with E-state index in [4.69, 9.17) is 9.72 Å². The van der Waals surface area contributed by atoms with Gasteiger partial charge in [0.25, 0.3) is 5.91 Å². The first-order valence-electron chi connectivity index (χ1n) is 14.1. The lowest BCUT2D eigenvalue weighted by molar-refractivity contribution is 0.0697. The highest BCUT2D eigenvalue weighted by Gasteiger charge is 2.20. The smallest absolute Gasteiger partial charge is 0.255 e. The van der Waals surface area contributed by atoms with Crippen LogP contribution in [-0.2, 0) is 4.74 Å². The number of likely N-dealkylation sites (N-methyl/N-ethyl adjacent to an activating group) is 1. The Balaban J connectivity index is 1.11. The topological polar surface area (TPSA) is 116 Å². The average molecular weight is 552 g/mol. The molecule has 0 bridgehead atoms. The van der Waals surface area contributed by atoms with Gasteiger partial charge in [0.05, 0.1) is 17.3 Å². The van der Waals surface area contributed by atoms with Crippen LogP contribution in [0.2, 0.25) is 0 Å². The number of amides is 1. The number of nitrogens with zero attached hydrogens (tertiary/aromatic N) is 6. The number of piperazine rings is 1. The summed E-state index contributed by atoms with van der Waals surface area (Å²) in [5.74, 6) is 0.415. The summed E-state index contributed by atoms with van der Waals surface area (Å²) in [5, 5.41) is 11.8. The van der Waals surface area contributed by atoms with Crippen LogP contribution < -0.4 is 15.5 Å². The molecule has 11 nitrogen and oxygen atoms in total. The molecular formula is C30H33N9O2. The van der Waals surface area contributed by atoms with Crippen LogP contribution in [0.4, 0.5) is 17.3 Å². The molecular weight excluding hydrogens is 518 g/mol. The maximum Gasteiger partial charge on any atom is 0.255 e. The normalized spacial score (nSPS) is 16.9. The van der Waals surface area contributed by atoms with Crippen LogP contribution in [0.5, 0.6) is 0 Å². The van der Waals surface area contributed by atoms with Gasteiger partial charge in [-0.1, -0.05) is 6.07 Å². The van der Waals surface area contributed by atoms with Gasteiger partial charge in [0.2, 0.25) is 5.95 Å². The third-order valence-corrected chi connectivity index (χ3v) is 8.04. The summed E-state index contributed by atoms with van der Waals surface area (Å²) in [6.45, 7) is 5.50.